The monoisotopic (exact) mass is 278 g/mol. The van der Waals surface area contributed by atoms with Gasteiger partial charge in [-0.1, -0.05) is 19.8 Å². The minimum Gasteiger partial charge on any atom is -0.317 e. The number of likely N-dealkylation sites (tertiary alicyclic amines) is 1. The van der Waals surface area contributed by atoms with Crippen molar-refractivity contribution in [1.82, 2.24) is 10.2 Å². The molecule has 0 amide bonds. The van der Waals surface area contributed by atoms with Crippen LogP contribution >= 0.6 is 0 Å². The van der Waals surface area contributed by atoms with Gasteiger partial charge in [-0.15, -0.1) is 0 Å². The number of nitrogens with one attached hydrogen (secondary N) is 1. The summed E-state index contributed by atoms with van der Waals surface area (Å²) in [5, 5.41) is 3.59. The Morgan fingerprint density at radius 3 is 2.40 bits per heavy atom. The highest BCUT2D eigenvalue weighted by atomic mass is 15.1. The normalized spacial score (nSPS) is 38.4. The first-order valence-corrected chi connectivity index (χ1v) is 9.10. The SMILES string of the molecule is CNC1CCC(C)CC1CN1CCC2(CCCC2)CC1. The van der Waals surface area contributed by atoms with Crippen LogP contribution in [0.25, 0.3) is 0 Å². The summed E-state index contributed by atoms with van der Waals surface area (Å²) in [6.07, 6.45) is 13.3. The van der Waals surface area contributed by atoms with Crippen LogP contribution in [0.1, 0.15) is 64.7 Å². The summed E-state index contributed by atoms with van der Waals surface area (Å²) < 4.78 is 0. The molecule has 1 N–H and O–H groups in total. The van der Waals surface area contributed by atoms with Crippen molar-refractivity contribution in [2.75, 3.05) is 26.7 Å². The van der Waals surface area contributed by atoms with E-state index in [9.17, 15) is 0 Å². The number of hydrogen-bond donors (Lipinski definition) is 1. The van der Waals surface area contributed by atoms with Crippen molar-refractivity contribution in [2.45, 2.75) is 70.8 Å². The standard InChI is InChI=1S/C18H34N2/c1-15-5-6-17(19-2)16(13-15)14-20-11-9-18(10-12-20)7-3-4-8-18/h15-17,19H,3-14H2,1-2H3. The van der Waals surface area contributed by atoms with Crippen molar-refractivity contribution in [3.05, 3.63) is 0 Å². The molecule has 3 rings (SSSR count). The van der Waals surface area contributed by atoms with Crippen LogP contribution in [0.2, 0.25) is 0 Å². The van der Waals surface area contributed by atoms with Gasteiger partial charge in [-0.3, -0.25) is 0 Å². The first-order valence-electron chi connectivity index (χ1n) is 9.10. The zero-order chi connectivity index (χ0) is 14.0. The first-order chi connectivity index (χ1) is 9.71. The number of piperidine rings is 1. The molecule has 1 heterocycles. The number of rotatable bonds is 3. The molecule has 0 aromatic carbocycles. The van der Waals surface area contributed by atoms with Gasteiger partial charge in [0.05, 0.1) is 0 Å². The Kier molecular flexibility index (Phi) is 4.72. The maximum absolute atomic E-state index is 3.59. The number of nitrogens with zero attached hydrogens (tertiary/aromatic N) is 1. The van der Waals surface area contributed by atoms with Gasteiger partial charge < -0.3 is 10.2 Å². The number of hydrogen-bond acceptors (Lipinski definition) is 2. The quantitative estimate of drug-likeness (QED) is 0.847. The van der Waals surface area contributed by atoms with Crippen molar-refractivity contribution < 1.29 is 0 Å². The van der Waals surface area contributed by atoms with E-state index in [-0.39, 0.29) is 0 Å². The van der Waals surface area contributed by atoms with Crippen LogP contribution in [0.3, 0.4) is 0 Å². The summed E-state index contributed by atoms with van der Waals surface area (Å²) in [7, 11) is 2.16. The molecule has 0 aromatic heterocycles. The van der Waals surface area contributed by atoms with Crippen molar-refractivity contribution in [3.8, 4) is 0 Å². The summed E-state index contributed by atoms with van der Waals surface area (Å²) in [6, 6.07) is 0.772. The minimum absolute atomic E-state index is 0.772. The molecule has 0 radical (unpaired) electrons. The van der Waals surface area contributed by atoms with Gasteiger partial charge in [0.15, 0.2) is 0 Å². The van der Waals surface area contributed by atoms with Crippen molar-refractivity contribution in [2.24, 2.45) is 17.3 Å². The molecule has 2 aliphatic carbocycles. The van der Waals surface area contributed by atoms with Gasteiger partial charge in [-0.05, 0) is 82.3 Å². The molecule has 0 aromatic rings. The second-order valence-corrected chi connectivity index (χ2v) is 8.08. The maximum Gasteiger partial charge on any atom is 0.0105 e. The third kappa shape index (κ3) is 3.22. The van der Waals surface area contributed by atoms with Gasteiger partial charge in [-0.2, -0.15) is 0 Å². The Labute approximate surface area is 125 Å². The summed E-state index contributed by atoms with van der Waals surface area (Å²) in [6.45, 7) is 6.55. The Morgan fingerprint density at radius 1 is 1.05 bits per heavy atom. The van der Waals surface area contributed by atoms with E-state index in [1.807, 2.05) is 0 Å². The average Bonchev–Trinajstić information content (AvgIpc) is 2.90. The molecule has 2 heteroatoms. The van der Waals surface area contributed by atoms with Crippen LogP contribution in [0.4, 0.5) is 0 Å². The van der Waals surface area contributed by atoms with Gasteiger partial charge in [0, 0.05) is 12.6 Å². The van der Waals surface area contributed by atoms with E-state index in [0.717, 1.165) is 23.3 Å². The zero-order valence-electron chi connectivity index (χ0n) is 13.7. The average molecular weight is 278 g/mol. The molecule has 3 fully saturated rings. The van der Waals surface area contributed by atoms with Crippen LogP contribution in [0.5, 0.6) is 0 Å². The first kappa shape index (κ1) is 14.8. The highest BCUT2D eigenvalue weighted by molar-refractivity contribution is 4.91. The van der Waals surface area contributed by atoms with Crippen LogP contribution in [0, 0.1) is 17.3 Å². The lowest BCUT2D eigenvalue weighted by Crippen LogP contribution is -2.47. The smallest absolute Gasteiger partial charge is 0.0105 e. The molecule has 1 saturated heterocycles. The summed E-state index contributed by atoms with van der Waals surface area (Å²) >= 11 is 0. The third-order valence-electron chi connectivity index (χ3n) is 6.69. The second kappa shape index (κ2) is 6.36. The fraction of sp³-hybridized carbons (Fsp3) is 1.00. The lowest BCUT2D eigenvalue weighted by Gasteiger charge is -2.43. The molecular formula is C18H34N2. The summed E-state index contributed by atoms with van der Waals surface area (Å²) in [5.41, 5.74) is 0.777. The second-order valence-electron chi connectivity index (χ2n) is 8.08. The highest BCUT2D eigenvalue weighted by Gasteiger charge is 2.38. The predicted octanol–water partition coefficient (Wildman–Crippen LogP) is 3.67. The maximum atomic E-state index is 3.59. The van der Waals surface area contributed by atoms with Crippen molar-refractivity contribution in [1.29, 1.82) is 0 Å². The van der Waals surface area contributed by atoms with Gasteiger partial charge in [0.25, 0.3) is 0 Å². The van der Waals surface area contributed by atoms with Crippen molar-refractivity contribution >= 4 is 0 Å². The fourth-order valence-corrected chi connectivity index (χ4v) is 5.25. The Balaban J connectivity index is 1.50. The Hall–Kier alpha value is -0.0800. The lowest BCUT2D eigenvalue weighted by atomic mass is 9.75. The van der Waals surface area contributed by atoms with E-state index < -0.39 is 0 Å². The third-order valence-corrected chi connectivity index (χ3v) is 6.69. The minimum atomic E-state index is 0.772. The molecule has 1 aliphatic heterocycles. The molecular weight excluding hydrogens is 244 g/mol. The largest absolute Gasteiger partial charge is 0.317 e. The van der Waals surface area contributed by atoms with Gasteiger partial charge in [-0.25, -0.2) is 0 Å². The topological polar surface area (TPSA) is 15.3 Å². The zero-order valence-corrected chi connectivity index (χ0v) is 13.7. The fourth-order valence-electron chi connectivity index (χ4n) is 5.25. The molecule has 116 valence electrons. The molecule has 1 spiro atoms. The van der Waals surface area contributed by atoms with Crippen LogP contribution in [-0.2, 0) is 0 Å². The molecule has 3 aliphatic rings. The molecule has 2 saturated carbocycles. The summed E-state index contributed by atoms with van der Waals surface area (Å²) in [4.78, 5) is 2.79. The molecule has 20 heavy (non-hydrogen) atoms. The van der Waals surface area contributed by atoms with E-state index in [1.165, 1.54) is 77.4 Å². The molecule has 3 unspecified atom stereocenters. The van der Waals surface area contributed by atoms with Crippen LogP contribution in [-0.4, -0.2) is 37.6 Å². The van der Waals surface area contributed by atoms with E-state index in [1.54, 1.807) is 0 Å². The van der Waals surface area contributed by atoms with Crippen LogP contribution < -0.4 is 5.32 Å². The van der Waals surface area contributed by atoms with Gasteiger partial charge >= 0.3 is 0 Å². The van der Waals surface area contributed by atoms with Gasteiger partial charge in [0.2, 0.25) is 0 Å². The lowest BCUT2D eigenvalue weighted by molar-refractivity contribution is 0.0761. The molecule has 0 bridgehead atoms. The van der Waals surface area contributed by atoms with Crippen LogP contribution in [0.15, 0.2) is 0 Å². The Morgan fingerprint density at radius 2 is 1.75 bits per heavy atom. The summed E-state index contributed by atoms with van der Waals surface area (Å²) in [5.74, 6) is 1.83. The highest BCUT2D eigenvalue weighted by Crippen LogP contribution is 2.46. The van der Waals surface area contributed by atoms with E-state index in [2.05, 4.69) is 24.2 Å². The Bertz CT molecular complexity index is 299. The predicted molar refractivity (Wildman–Crippen MR) is 85.9 cm³/mol. The van der Waals surface area contributed by atoms with E-state index in [0.29, 0.717) is 0 Å². The molecule has 3 atom stereocenters. The van der Waals surface area contributed by atoms with E-state index >= 15 is 0 Å². The van der Waals surface area contributed by atoms with Crippen molar-refractivity contribution in [3.63, 3.8) is 0 Å². The van der Waals surface area contributed by atoms with E-state index in [4.69, 9.17) is 0 Å². The van der Waals surface area contributed by atoms with Gasteiger partial charge in [0.1, 0.15) is 0 Å². The molecule has 2 nitrogen and oxygen atoms in total.